The largest absolute Gasteiger partial charge is 0.480 e. The Kier molecular flexibility index (Phi) is 4.06. The lowest BCUT2D eigenvalue weighted by molar-refractivity contribution is -0.139. The molecule has 0 aromatic heterocycles. The van der Waals surface area contributed by atoms with Crippen molar-refractivity contribution in [3.05, 3.63) is 64.1 Å². The monoisotopic (exact) mass is 409 g/mol. The van der Waals surface area contributed by atoms with Crippen LogP contribution in [0.1, 0.15) is 17.0 Å². The third kappa shape index (κ3) is 2.56. The number of nitrogens with two attached hydrogens (primary N) is 1. The lowest BCUT2D eigenvalue weighted by Gasteiger charge is -2.07. The summed E-state index contributed by atoms with van der Waals surface area (Å²) >= 11 is 3.30. The molecule has 5 nitrogen and oxygen atoms in total. The van der Waals surface area contributed by atoms with E-state index in [9.17, 15) is 18.3 Å². The number of hydrogen-bond acceptors (Lipinski definition) is 4. The molecule has 2 aromatic carbocycles. The van der Waals surface area contributed by atoms with Crippen LogP contribution in [0.15, 0.2) is 57.9 Å². The molecule has 126 valence electrons. The van der Waals surface area contributed by atoms with E-state index in [0.717, 1.165) is 10.0 Å². The Bertz CT molecular complexity index is 893. The molecule has 0 radical (unpaired) electrons. The zero-order valence-corrected chi connectivity index (χ0v) is 15.2. The molecule has 1 aliphatic rings. The van der Waals surface area contributed by atoms with Crippen LogP contribution in [0.3, 0.4) is 0 Å². The molecule has 1 aliphatic carbocycles. The number of carbonyl (C=O) groups is 1. The summed E-state index contributed by atoms with van der Waals surface area (Å²) in [5.74, 6) is -2.09. The van der Waals surface area contributed by atoms with E-state index in [-0.39, 0.29) is 4.90 Å². The summed E-state index contributed by atoms with van der Waals surface area (Å²) in [5, 5.41) is 8.34. The molecule has 0 bridgehead atoms. The van der Waals surface area contributed by atoms with Gasteiger partial charge in [0.15, 0.2) is 9.84 Å². The van der Waals surface area contributed by atoms with Crippen LogP contribution in [0.4, 0.5) is 0 Å². The van der Waals surface area contributed by atoms with Crippen molar-refractivity contribution in [2.75, 3.05) is 0 Å². The van der Waals surface area contributed by atoms with Crippen molar-refractivity contribution in [3.8, 4) is 0 Å². The number of aryl methyl sites for hydroxylation is 1. The maximum Gasteiger partial charge on any atom is 0.325 e. The first-order valence-electron chi connectivity index (χ1n) is 7.27. The number of rotatable bonds is 4. The first-order chi connectivity index (χ1) is 11.2. The Hall–Kier alpha value is -1.70. The van der Waals surface area contributed by atoms with Gasteiger partial charge in [0.2, 0.25) is 0 Å². The van der Waals surface area contributed by atoms with Gasteiger partial charge >= 0.3 is 5.97 Å². The average Bonchev–Trinajstić information content (AvgIpc) is 3.17. The van der Waals surface area contributed by atoms with E-state index in [1.807, 2.05) is 6.92 Å². The van der Waals surface area contributed by atoms with E-state index in [0.29, 0.717) is 5.56 Å². The van der Waals surface area contributed by atoms with Crippen LogP contribution in [0.2, 0.25) is 0 Å². The highest BCUT2D eigenvalue weighted by Gasteiger charge is 2.74. The van der Waals surface area contributed by atoms with Crippen LogP contribution in [0.5, 0.6) is 0 Å². The number of aliphatic carboxylic acids is 1. The highest BCUT2D eigenvalue weighted by atomic mass is 79.9. The highest BCUT2D eigenvalue weighted by Crippen LogP contribution is 2.55. The number of hydrogen-bond donors (Lipinski definition) is 2. The van der Waals surface area contributed by atoms with Gasteiger partial charge in [-0.1, -0.05) is 45.8 Å². The minimum absolute atomic E-state index is 0.0915. The second kappa shape index (κ2) is 5.68. The fourth-order valence-electron chi connectivity index (χ4n) is 3.06. The Morgan fingerprint density at radius 2 is 1.67 bits per heavy atom. The van der Waals surface area contributed by atoms with Crippen molar-refractivity contribution in [2.24, 2.45) is 5.73 Å². The molecule has 7 heteroatoms. The van der Waals surface area contributed by atoms with Gasteiger partial charge in [-0.15, -0.1) is 0 Å². The van der Waals surface area contributed by atoms with Crippen molar-refractivity contribution >= 4 is 31.7 Å². The van der Waals surface area contributed by atoms with E-state index in [1.165, 1.54) is 12.1 Å². The van der Waals surface area contributed by atoms with Crippen LogP contribution in [-0.2, 0) is 14.6 Å². The Labute approximate surface area is 148 Å². The second-order valence-corrected chi connectivity index (χ2v) is 9.03. The Balaban J connectivity index is 2.06. The van der Waals surface area contributed by atoms with Gasteiger partial charge in [0.05, 0.1) is 4.90 Å². The first-order valence-corrected chi connectivity index (χ1v) is 9.61. The topological polar surface area (TPSA) is 97.5 Å². The zero-order valence-electron chi connectivity index (χ0n) is 12.8. The van der Waals surface area contributed by atoms with Gasteiger partial charge in [-0.2, -0.15) is 0 Å². The van der Waals surface area contributed by atoms with E-state index >= 15 is 0 Å². The van der Waals surface area contributed by atoms with Crippen molar-refractivity contribution < 1.29 is 18.3 Å². The number of halogens is 1. The molecule has 0 spiro atoms. The fraction of sp³-hybridized carbons (Fsp3) is 0.235. The molecule has 24 heavy (non-hydrogen) atoms. The van der Waals surface area contributed by atoms with Gasteiger partial charge in [0.25, 0.3) is 0 Å². The van der Waals surface area contributed by atoms with Gasteiger partial charge in [0.1, 0.15) is 10.8 Å². The van der Waals surface area contributed by atoms with Gasteiger partial charge in [-0.05, 0) is 36.8 Å². The van der Waals surface area contributed by atoms with E-state index in [2.05, 4.69) is 15.9 Å². The average molecular weight is 410 g/mol. The Morgan fingerprint density at radius 1 is 1.12 bits per heavy atom. The zero-order chi connectivity index (χ0) is 17.7. The molecule has 3 unspecified atom stereocenters. The van der Waals surface area contributed by atoms with Crippen molar-refractivity contribution in [1.82, 2.24) is 0 Å². The standard InChI is InChI=1S/C17H16BrNO4S/c1-10-2-8-13(9-3-10)24(22,23)15-14(17(15,19)16(20)21)11-4-6-12(18)7-5-11/h2-9,14-15H,19H2,1H3,(H,20,21). The fourth-order valence-corrected chi connectivity index (χ4v) is 5.56. The first kappa shape index (κ1) is 17.1. The Morgan fingerprint density at radius 3 is 2.17 bits per heavy atom. The third-order valence-corrected chi connectivity index (χ3v) is 7.25. The van der Waals surface area contributed by atoms with Crippen LogP contribution < -0.4 is 5.73 Å². The predicted molar refractivity (Wildman–Crippen MR) is 93.6 cm³/mol. The van der Waals surface area contributed by atoms with Gasteiger partial charge in [-0.25, -0.2) is 8.42 Å². The summed E-state index contributed by atoms with van der Waals surface area (Å²) < 4.78 is 26.7. The highest BCUT2D eigenvalue weighted by molar-refractivity contribution is 9.10. The summed E-state index contributed by atoms with van der Waals surface area (Å²) in [5.41, 5.74) is 5.71. The van der Waals surface area contributed by atoms with E-state index < -0.39 is 32.5 Å². The number of carboxylic acid groups (broad SMARTS) is 1. The number of carboxylic acids is 1. The van der Waals surface area contributed by atoms with E-state index in [1.54, 1.807) is 36.4 Å². The second-order valence-electron chi connectivity index (χ2n) is 6.05. The maximum absolute atomic E-state index is 12.9. The molecule has 0 aliphatic heterocycles. The molecule has 3 rings (SSSR count). The quantitative estimate of drug-likeness (QED) is 0.807. The summed E-state index contributed by atoms with van der Waals surface area (Å²) in [6.07, 6.45) is 0. The lowest BCUT2D eigenvalue weighted by atomic mass is 10.1. The van der Waals surface area contributed by atoms with Gasteiger partial charge in [-0.3, -0.25) is 4.79 Å². The SMILES string of the molecule is Cc1ccc(S(=O)(=O)C2C(c3ccc(Br)cc3)C2(N)C(=O)O)cc1. The van der Waals surface area contributed by atoms with Crippen LogP contribution in [0, 0.1) is 6.92 Å². The molecule has 0 amide bonds. The third-order valence-electron chi connectivity index (χ3n) is 4.46. The van der Waals surface area contributed by atoms with Crippen LogP contribution >= 0.6 is 15.9 Å². The molecule has 1 fully saturated rings. The minimum atomic E-state index is -3.86. The summed E-state index contributed by atoms with van der Waals surface area (Å²) in [6.45, 7) is 1.85. The predicted octanol–water partition coefficient (Wildman–Crippen LogP) is 2.48. The van der Waals surface area contributed by atoms with Gasteiger partial charge in [0, 0.05) is 10.4 Å². The molecule has 0 heterocycles. The molecule has 2 aromatic rings. The lowest BCUT2D eigenvalue weighted by Crippen LogP contribution is -2.39. The van der Waals surface area contributed by atoms with Crippen molar-refractivity contribution in [3.63, 3.8) is 0 Å². The molecule has 1 saturated carbocycles. The smallest absolute Gasteiger partial charge is 0.325 e. The minimum Gasteiger partial charge on any atom is -0.480 e. The maximum atomic E-state index is 12.9. The molecule has 0 saturated heterocycles. The van der Waals surface area contributed by atoms with Crippen molar-refractivity contribution in [1.29, 1.82) is 0 Å². The number of sulfone groups is 1. The molecular weight excluding hydrogens is 394 g/mol. The molecule has 3 atom stereocenters. The summed E-state index contributed by atoms with van der Waals surface area (Å²) in [7, 11) is -3.86. The van der Waals surface area contributed by atoms with Crippen LogP contribution in [-0.4, -0.2) is 30.3 Å². The van der Waals surface area contributed by atoms with Crippen molar-refractivity contribution in [2.45, 2.75) is 28.5 Å². The normalized spacial score (nSPS) is 26.1. The van der Waals surface area contributed by atoms with E-state index in [4.69, 9.17) is 5.73 Å². The summed E-state index contributed by atoms with van der Waals surface area (Å²) in [6, 6.07) is 13.2. The number of benzene rings is 2. The van der Waals surface area contributed by atoms with Gasteiger partial charge < -0.3 is 10.8 Å². The molecular formula is C17H16BrNO4S. The summed E-state index contributed by atoms with van der Waals surface area (Å²) in [4.78, 5) is 11.8. The molecule has 3 N–H and O–H groups in total. The van der Waals surface area contributed by atoms with Crippen LogP contribution in [0.25, 0.3) is 0 Å².